The predicted molar refractivity (Wildman–Crippen MR) is 129 cm³/mol. The first kappa shape index (κ1) is 22.5. The van der Waals surface area contributed by atoms with E-state index in [9.17, 15) is 8.78 Å². The van der Waals surface area contributed by atoms with E-state index in [0.29, 0.717) is 0 Å². The van der Waals surface area contributed by atoms with Gasteiger partial charge in [0.2, 0.25) is 6.29 Å². The summed E-state index contributed by atoms with van der Waals surface area (Å²) in [5, 5.41) is 0. The van der Waals surface area contributed by atoms with Crippen LogP contribution in [0.15, 0.2) is 84.9 Å². The molecule has 0 spiro atoms. The van der Waals surface area contributed by atoms with Crippen LogP contribution < -0.4 is 9.47 Å². The maximum atomic E-state index is 14.7. The van der Waals surface area contributed by atoms with Crippen molar-refractivity contribution in [3.05, 3.63) is 108 Å². The summed E-state index contributed by atoms with van der Waals surface area (Å²) in [6, 6.07) is 25.4. The maximum absolute atomic E-state index is 14.7. The molecule has 1 atom stereocenters. The van der Waals surface area contributed by atoms with Crippen LogP contribution in [0.25, 0.3) is 22.3 Å². The lowest BCUT2D eigenvalue weighted by molar-refractivity contribution is 0.0163. The summed E-state index contributed by atoms with van der Waals surface area (Å²) in [6.07, 6.45) is 0.0723. The van der Waals surface area contributed by atoms with Crippen molar-refractivity contribution >= 4 is 0 Å². The van der Waals surface area contributed by atoms with Gasteiger partial charge in [0.1, 0.15) is 0 Å². The molecule has 2 nitrogen and oxygen atoms in total. The van der Waals surface area contributed by atoms with Crippen molar-refractivity contribution in [2.45, 2.75) is 33.5 Å². The highest BCUT2D eigenvalue weighted by Crippen LogP contribution is 2.29. The third kappa shape index (κ3) is 5.40. The lowest BCUT2D eigenvalue weighted by Gasteiger charge is -2.18. The van der Waals surface area contributed by atoms with Gasteiger partial charge < -0.3 is 9.47 Å². The van der Waals surface area contributed by atoms with Gasteiger partial charge in [0, 0.05) is 6.92 Å². The van der Waals surface area contributed by atoms with Gasteiger partial charge in [-0.05, 0) is 65.4 Å². The Labute approximate surface area is 193 Å². The highest BCUT2D eigenvalue weighted by Gasteiger charge is 2.14. The molecule has 0 N–H and O–H groups in total. The van der Waals surface area contributed by atoms with Gasteiger partial charge in [-0.15, -0.1) is 0 Å². The molecule has 0 aliphatic heterocycles. The average Bonchev–Trinajstić information content (AvgIpc) is 2.82. The van der Waals surface area contributed by atoms with Crippen LogP contribution in [-0.2, 0) is 6.42 Å². The zero-order chi connectivity index (χ0) is 23.4. The normalized spacial score (nSPS) is 11.8. The third-order valence-electron chi connectivity index (χ3n) is 5.53. The summed E-state index contributed by atoms with van der Waals surface area (Å²) in [7, 11) is 0. The molecule has 0 aliphatic carbocycles. The Kier molecular flexibility index (Phi) is 6.74. The van der Waals surface area contributed by atoms with Crippen molar-refractivity contribution in [3.63, 3.8) is 0 Å². The summed E-state index contributed by atoms with van der Waals surface area (Å²) in [6.45, 7) is 5.70. The molecule has 4 heteroatoms. The van der Waals surface area contributed by atoms with Crippen LogP contribution in [0.1, 0.15) is 25.0 Å². The Morgan fingerprint density at radius 1 is 0.636 bits per heavy atom. The van der Waals surface area contributed by atoms with Gasteiger partial charge in [-0.25, -0.2) is 8.78 Å². The van der Waals surface area contributed by atoms with E-state index in [-0.39, 0.29) is 11.5 Å². The molecular weight excluding hydrogens is 418 g/mol. The molecule has 4 aromatic carbocycles. The summed E-state index contributed by atoms with van der Waals surface area (Å²) >= 11 is 0. The van der Waals surface area contributed by atoms with Crippen LogP contribution in [0, 0.1) is 18.6 Å². The largest absolute Gasteiger partial charge is 0.452 e. The molecule has 33 heavy (non-hydrogen) atoms. The maximum Gasteiger partial charge on any atom is 0.238 e. The van der Waals surface area contributed by atoms with E-state index < -0.39 is 17.9 Å². The molecule has 0 saturated carbocycles. The molecule has 0 radical (unpaired) electrons. The standard InChI is InChI=1S/C29H26F2O2/c1-4-21-7-11-23(12-8-21)25-14-16-29(27(31)18-25)33-20(3)32-28-15-13-24(17-26(28)30)22-9-5-19(2)6-10-22/h5-18,20H,4H2,1-3H3. The Morgan fingerprint density at radius 3 is 1.48 bits per heavy atom. The molecule has 0 aliphatic rings. The van der Waals surface area contributed by atoms with Crippen molar-refractivity contribution < 1.29 is 18.3 Å². The van der Waals surface area contributed by atoms with Gasteiger partial charge in [0.15, 0.2) is 23.1 Å². The summed E-state index contributed by atoms with van der Waals surface area (Å²) in [5.41, 5.74) is 5.72. The fraction of sp³-hybridized carbons (Fsp3) is 0.172. The van der Waals surface area contributed by atoms with Crippen molar-refractivity contribution in [2.75, 3.05) is 0 Å². The second-order valence-corrected chi connectivity index (χ2v) is 8.01. The molecule has 0 heterocycles. The van der Waals surface area contributed by atoms with E-state index in [0.717, 1.165) is 34.2 Å². The number of halogens is 2. The SMILES string of the molecule is CCc1ccc(-c2ccc(OC(C)Oc3ccc(-c4ccc(C)cc4)cc3F)c(F)c2)cc1. The minimum atomic E-state index is -0.881. The highest BCUT2D eigenvalue weighted by molar-refractivity contribution is 5.65. The van der Waals surface area contributed by atoms with Crippen molar-refractivity contribution in [3.8, 4) is 33.8 Å². The molecule has 0 fully saturated rings. The molecular formula is C29H26F2O2. The van der Waals surface area contributed by atoms with Crippen molar-refractivity contribution in [1.82, 2.24) is 0 Å². The summed E-state index contributed by atoms with van der Waals surface area (Å²) in [5.74, 6) is -0.910. The lowest BCUT2D eigenvalue weighted by Crippen LogP contribution is -2.20. The zero-order valence-corrected chi connectivity index (χ0v) is 18.9. The molecule has 0 bridgehead atoms. The Hall–Kier alpha value is -3.66. The number of rotatable bonds is 7. The minimum Gasteiger partial charge on any atom is -0.452 e. The number of aryl methyl sites for hydroxylation is 2. The van der Waals surface area contributed by atoms with E-state index in [1.54, 1.807) is 31.2 Å². The summed E-state index contributed by atoms with van der Waals surface area (Å²) in [4.78, 5) is 0. The van der Waals surface area contributed by atoms with Gasteiger partial charge in [-0.2, -0.15) is 0 Å². The topological polar surface area (TPSA) is 18.5 Å². The van der Waals surface area contributed by atoms with Gasteiger partial charge in [0.25, 0.3) is 0 Å². The monoisotopic (exact) mass is 444 g/mol. The number of ether oxygens (including phenoxy) is 2. The smallest absolute Gasteiger partial charge is 0.238 e. The van der Waals surface area contributed by atoms with Crippen LogP contribution in [0.4, 0.5) is 8.78 Å². The fourth-order valence-electron chi connectivity index (χ4n) is 3.61. The zero-order valence-electron chi connectivity index (χ0n) is 18.9. The Morgan fingerprint density at radius 2 is 1.06 bits per heavy atom. The van der Waals surface area contributed by atoms with Gasteiger partial charge in [-0.1, -0.05) is 73.2 Å². The predicted octanol–water partition coefficient (Wildman–Crippen LogP) is 7.97. The van der Waals surface area contributed by atoms with Gasteiger partial charge in [-0.3, -0.25) is 0 Å². The Balaban J connectivity index is 1.44. The van der Waals surface area contributed by atoms with Gasteiger partial charge >= 0.3 is 0 Å². The van der Waals surface area contributed by atoms with Crippen LogP contribution in [-0.4, -0.2) is 6.29 Å². The average molecular weight is 445 g/mol. The first-order valence-corrected chi connectivity index (χ1v) is 11.0. The molecule has 0 amide bonds. The second-order valence-electron chi connectivity index (χ2n) is 8.01. The Bertz CT molecular complexity index is 1230. The number of benzene rings is 4. The van der Waals surface area contributed by atoms with Crippen molar-refractivity contribution in [2.24, 2.45) is 0 Å². The molecule has 0 saturated heterocycles. The van der Waals surface area contributed by atoms with Crippen LogP contribution >= 0.6 is 0 Å². The van der Waals surface area contributed by atoms with E-state index in [2.05, 4.69) is 6.92 Å². The first-order chi connectivity index (χ1) is 15.9. The van der Waals surface area contributed by atoms with Crippen LogP contribution in [0.3, 0.4) is 0 Å². The third-order valence-corrected chi connectivity index (χ3v) is 5.53. The molecule has 168 valence electrons. The fourth-order valence-corrected chi connectivity index (χ4v) is 3.61. The highest BCUT2D eigenvalue weighted by atomic mass is 19.1. The number of hydrogen-bond donors (Lipinski definition) is 0. The molecule has 4 aromatic rings. The molecule has 0 aromatic heterocycles. The summed E-state index contributed by atoms with van der Waals surface area (Å²) < 4.78 is 40.5. The molecule has 1 unspecified atom stereocenters. The van der Waals surface area contributed by atoms with E-state index >= 15 is 0 Å². The second kappa shape index (κ2) is 9.86. The van der Waals surface area contributed by atoms with E-state index in [1.807, 2.05) is 55.5 Å². The molecule has 4 rings (SSSR count). The van der Waals surface area contributed by atoms with Crippen LogP contribution in [0.2, 0.25) is 0 Å². The van der Waals surface area contributed by atoms with Crippen LogP contribution in [0.5, 0.6) is 11.5 Å². The van der Waals surface area contributed by atoms with Gasteiger partial charge in [0.05, 0.1) is 0 Å². The van der Waals surface area contributed by atoms with Crippen molar-refractivity contribution in [1.29, 1.82) is 0 Å². The minimum absolute atomic E-state index is 0.0476. The first-order valence-electron chi connectivity index (χ1n) is 11.0. The quantitative estimate of drug-likeness (QED) is 0.269. The van der Waals surface area contributed by atoms with E-state index in [4.69, 9.17) is 9.47 Å². The lowest BCUT2D eigenvalue weighted by atomic mass is 10.0. The number of hydrogen-bond acceptors (Lipinski definition) is 2. The van der Waals surface area contributed by atoms with E-state index in [1.165, 1.54) is 17.7 Å².